The van der Waals surface area contributed by atoms with Crippen molar-refractivity contribution in [2.24, 2.45) is 0 Å². The van der Waals surface area contributed by atoms with Gasteiger partial charge in [-0.3, -0.25) is 9.89 Å². The van der Waals surface area contributed by atoms with Crippen molar-refractivity contribution in [3.05, 3.63) is 41.2 Å². The fraction of sp³-hybridized carbons (Fsp3) is 0.222. The fourth-order valence-corrected chi connectivity index (χ4v) is 2.95. The smallest absolute Gasteiger partial charge is 0.255 e. The second-order valence-corrected chi connectivity index (χ2v) is 7.35. The number of nitrogens with one attached hydrogen (secondary N) is 3. The van der Waals surface area contributed by atoms with Crippen LogP contribution in [0.25, 0.3) is 33.5 Å². The van der Waals surface area contributed by atoms with Crippen LogP contribution >= 0.6 is 11.6 Å². The number of carbonyl (C=O) groups is 1. The predicted octanol–water partition coefficient (Wildman–Crippen LogP) is 2.66. The molecule has 0 fully saturated rings. The molecule has 0 atom stereocenters. The van der Waals surface area contributed by atoms with E-state index in [4.69, 9.17) is 11.6 Å². The molecule has 0 saturated carbocycles. The van der Waals surface area contributed by atoms with Crippen LogP contribution in [0.5, 0.6) is 0 Å². The molecule has 0 unspecified atom stereocenters. The van der Waals surface area contributed by atoms with Crippen molar-refractivity contribution in [1.82, 2.24) is 30.5 Å². The molecule has 0 aliphatic carbocycles. The Morgan fingerprint density at radius 1 is 1.37 bits per heavy atom. The molecule has 1 aromatic carbocycles. The van der Waals surface area contributed by atoms with Crippen molar-refractivity contribution in [1.29, 1.82) is 0 Å². The molecular weight excluding hydrogens is 368 g/mol. The number of rotatable bonds is 4. The van der Waals surface area contributed by atoms with Gasteiger partial charge < -0.3 is 15.4 Å². The van der Waals surface area contributed by atoms with E-state index < -0.39 is 5.54 Å². The number of hydrogen-bond donors (Lipinski definition) is 4. The van der Waals surface area contributed by atoms with Crippen LogP contribution in [0.15, 0.2) is 30.6 Å². The highest BCUT2D eigenvalue weighted by Crippen LogP contribution is 2.28. The van der Waals surface area contributed by atoms with Gasteiger partial charge in [-0.2, -0.15) is 5.10 Å². The van der Waals surface area contributed by atoms with E-state index in [2.05, 4.69) is 30.5 Å². The Bertz CT molecular complexity index is 1160. The summed E-state index contributed by atoms with van der Waals surface area (Å²) < 4.78 is 0. The summed E-state index contributed by atoms with van der Waals surface area (Å²) >= 11 is 6.02. The monoisotopic (exact) mass is 384 g/mol. The molecule has 8 nitrogen and oxygen atoms in total. The van der Waals surface area contributed by atoms with Gasteiger partial charge in [0.05, 0.1) is 29.4 Å². The van der Waals surface area contributed by atoms with Crippen LogP contribution < -0.4 is 5.32 Å². The zero-order valence-electron chi connectivity index (χ0n) is 14.7. The first-order valence-corrected chi connectivity index (χ1v) is 8.67. The molecule has 0 saturated heterocycles. The van der Waals surface area contributed by atoms with E-state index in [1.165, 1.54) is 0 Å². The number of H-pyrrole nitrogens is 2. The number of nitrogens with zero attached hydrogens (tertiary/aromatic N) is 3. The van der Waals surface area contributed by atoms with E-state index in [0.717, 1.165) is 10.9 Å². The average Bonchev–Trinajstić information content (AvgIpc) is 3.24. The normalized spacial score (nSPS) is 12.0. The minimum atomic E-state index is -0.747. The second-order valence-electron chi connectivity index (χ2n) is 6.91. The molecule has 3 heterocycles. The molecule has 0 bridgehead atoms. The summed E-state index contributed by atoms with van der Waals surface area (Å²) in [4.78, 5) is 24.5. The molecular formula is C18H17ClN6O2. The standard InChI is InChI=1S/C18H17ClN6O2/c1-18(2,8-26)23-17(27)11-6-20-16-15(11)22-13(7-21-16)14-10-4-3-9(19)5-12(10)24-25-14/h3-7,26H,8H2,1-2H3,(H,20,21)(H,23,27)(H,24,25). The van der Waals surface area contributed by atoms with E-state index in [1.807, 2.05) is 6.07 Å². The van der Waals surface area contributed by atoms with Crippen LogP contribution in [-0.4, -0.2) is 48.3 Å². The van der Waals surface area contributed by atoms with Gasteiger partial charge in [-0.25, -0.2) is 9.97 Å². The summed E-state index contributed by atoms with van der Waals surface area (Å²) in [6.45, 7) is 3.29. The highest BCUT2D eigenvalue weighted by atomic mass is 35.5. The van der Waals surface area contributed by atoms with Crippen molar-refractivity contribution in [2.75, 3.05) is 6.61 Å². The molecule has 4 rings (SSSR count). The van der Waals surface area contributed by atoms with E-state index in [0.29, 0.717) is 33.1 Å². The van der Waals surface area contributed by atoms with Gasteiger partial charge in [0.2, 0.25) is 0 Å². The van der Waals surface area contributed by atoms with Gasteiger partial charge in [0, 0.05) is 16.6 Å². The molecule has 9 heteroatoms. The number of amides is 1. The molecule has 0 spiro atoms. The van der Waals surface area contributed by atoms with Gasteiger partial charge in [-0.05, 0) is 32.0 Å². The van der Waals surface area contributed by atoms with E-state index in [9.17, 15) is 9.90 Å². The molecule has 27 heavy (non-hydrogen) atoms. The first kappa shape index (κ1) is 17.4. The third kappa shape index (κ3) is 3.13. The maximum atomic E-state index is 12.6. The number of aliphatic hydroxyl groups excluding tert-OH is 1. The zero-order valence-corrected chi connectivity index (χ0v) is 15.4. The Morgan fingerprint density at radius 3 is 2.96 bits per heavy atom. The number of hydrogen-bond acceptors (Lipinski definition) is 5. The predicted molar refractivity (Wildman–Crippen MR) is 103 cm³/mol. The maximum absolute atomic E-state index is 12.6. The molecule has 3 aromatic heterocycles. The molecule has 0 aliphatic rings. The van der Waals surface area contributed by atoms with Gasteiger partial charge >= 0.3 is 0 Å². The number of halogens is 1. The summed E-state index contributed by atoms with van der Waals surface area (Å²) in [5.41, 5.74) is 2.48. The lowest BCUT2D eigenvalue weighted by Crippen LogP contribution is -2.46. The minimum absolute atomic E-state index is 0.181. The number of aromatic nitrogens is 5. The van der Waals surface area contributed by atoms with Gasteiger partial charge in [0.15, 0.2) is 5.65 Å². The summed E-state index contributed by atoms with van der Waals surface area (Å²) in [5.74, 6) is -0.342. The number of benzene rings is 1. The van der Waals surface area contributed by atoms with Gasteiger partial charge in [0.25, 0.3) is 5.91 Å². The van der Waals surface area contributed by atoms with E-state index >= 15 is 0 Å². The first-order chi connectivity index (χ1) is 12.9. The quantitative estimate of drug-likeness (QED) is 0.431. The Labute approximate surface area is 159 Å². The van der Waals surface area contributed by atoms with Crippen LogP contribution in [0, 0.1) is 0 Å². The number of fused-ring (bicyclic) bond motifs is 2. The van der Waals surface area contributed by atoms with Crippen molar-refractivity contribution in [3.8, 4) is 11.4 Å². The lowest BCUT2D eigenvalue weighted by Gasteiger charge is -2.23. The third-order valence-electron chi connectivity index (χ3n) is 4.24. The number of aromatic amines is 2. The summed E-state index contributed by atoms with van der Waals surface area (Å²) in [6.07, 6.45) is 3.15. The van der Waals surface area contributed by atoms with Crippen LogP contribution in [0.2, 0.25) is 5.02 Å². The third-order valence-corrected chi connectivity index (χ3v) is 4.48. The lowest BCUT2D eigenvalue weighted by atomic mass is 10.1. The minimum Gasteiger partial charge on any atom is -0.394 e. The largest absolute Gasteiger partial charge is 0.394 e. The highest BCUT2D eigenvalue weighted by molar-refractivity contribution is 6.31. The Morgan fingerprint density at radius 2 is 2.19 bits per heavy atom. The molecule has 4 N–H and O–H groups in total. The molecule has 4 aromatic rings. The second kappa shape index (κ2) is 6.33. The van der Waals surface area contributed by atoms with Gasteiger partial charge in [0.1, 0.15) is 16.9 Å². The fourth-order valence-electron chi connectivity index (χ4n) is 2.78. The Kier molecular flexibility index (Phi) is 4.09. The SMILES string of the molecule is CC(C)(CO)NC(=O)c1c[nH]c2ncc(-c3n[nH]c4cc(Cl)ccc34)nc12. The lowest BCUT2D eigenvalue weighted by molar-refractivity contribution is 0.0871. The van der Waals surface area contributed by atoms with Crippen LogP contribution in [0.3, 0.4) is 0 Å². The molecule has 0 aliphatic heterocycles. The highest BCUT2D eigenvalue weighted by Gasteiger charge is 2.23. The van der Waals surface area contributed by atoms with E-state index in [1.54, 1.807) is 38.4 Å². The zero-order chi connectivity index (χ0) is 19.2. The Hall–Kier alpha value is -2.97. The Balaban J connectivity index is 1.79. The van der Waals surface area contributed by atoms with Gasteiger partial charge in [-0.15, -0.1) is 0 Å². The van der Waals surface area contributed by atoms with Crippen molar-refractivity contribution in [2.45, 2.75) is 19.4 Å². The van der Waals surface area contributed by atoms with Crippen molar-refractivity contribution in [3.63, 3.8) is 0 Å². The molecule has 138 valence electrons. The van der Waals surface area contributed by atoms with Crippen LogP contribution in [0.4, 0.5) is 0 Å². The maximum Gasteiger partial charge on any atom is 0.255 e. The van der Waals surface area contributed by atoms with Crippen molar-refractivity contribution >= 4 is 39.6 Å². The molecule has 0 radical (unpaired) electrons. The average molecular weight is 385 g/mol. The number of carbonyl (C=O) groups excluding carboxylic acids is 1. The first-order valence-electron chi connectivity index (χ1n) is 8.29. The number of aliphatic hydroxyl groups is 1. The van der Waals surface area contributed by atoms with Crippen LogP contribution in [-0.2, 0) is 0 Å². The van der Waals surface area contributed by atoms with Crippen LogP contribution in [0.1, 0.15) is 24.2 Å². The summed E-state index contributed by atoms with van der Waals surface area (Å²) in [7, 11) is 0. The topological polar surface area (TPSA) is 120 Å². The van der Waals surface area contributed by atoms with Gasteiger partial charge in [-0.1, -0.05) is 11.6 Å². The summed E-state index contributed by atoms with van der Waals surface area (Å²) in [6, 6.07) is 5.42. The summed E-state index contributed by atoms with van der Waals surface area (Å²) in [5, 5.41) is 20.9. The van der Waals surface area contributed by atoms with Crippen molar-refractivity contribution < 1.29 is 9.90 Å². The molecule has 1 amide bonds. The van der Waals surface area contributed by atoms with E-state index in [-0.39, 0.29) is 12.5 Å².